The predicted molar refractivity (Wildman–Crippen MR) is 63.2 cm³/mol. The van der Waals surface area contributed by atoms with Crippen LogP contribution in [-0.2, 0) is 5.41 Å². The summed E-state index contributed by atoms with van der Waals surface area (Å²) in [6.07, 6.45) is 0. The van der Waals surface area contributed by atoms with Crippen LogP contribution in [0.3, 0.4) is 0 Å². The summed E-state index contributed by atoms with van der Waals surface area (Å²) < 4.78 is 1.08. The van der Waals surface area contributed by atoms with Crippen LogP contribution in [0.25, 0.3) is 0 Å². The average Bonchev–Trinajstić information content (AvgIpc) is 2.35. The molecule has 0 atom stereocenters. The van der Waals surface area contributed by atoms with Crippen LogP contribution in [0, 0.1) is 0 Å². The number of thiazole rings is 1. The van der Waals surface area contributed by atoms with E-state index in [9.17, 15) is 0 Å². The van der Waals surface area contributed by atoms with Gasteiger partial charge in [-0.15, -0.1) is 11.3 Å². The second-order valence-electron chi connectivity index (χ2n) is 3.41. The van der Waals surface area contributed by atoms with Crippen molar-refractivity contribution in [3.8, 4) is 0 Å². The quantitative estimate of drug-likeness (QED) is 0.616. The van der Waals surface area contributed by atoms with Crippen molar-refractivity contribution < 1.29 is 0 Å². The zero-order valence-electron chi connectivity index (χ0n) is 7.20. The number of nitrogens with zero attached hydrogens (tertiary/aromatic N) is 1. The van der Waals surface area contributed by atoms with Crippen molar-refractivity contribution in [3.05, 3.63) is 11.1 Å². The van der Waals surface area contributed by atoms with Gasteiger partial charge in [0.25, 0.3) is 0 Å². The maximum absolute atomic E-state index is 4.48. The first-order valence-electron chi connectivity index (χ1n) is 3.48. The molecule has 0 unspecified atom stereocenters. The maximum atomic E-state index is 4.48. The molecule has 0 aliphatic rings. The Balaban J connectivity index is 2.77. The van der Waals surface area contributed by atoms with Crippen molar-refractivity contribution in [2.24, 2.45) is 0 Å². The number of thiol groups is 1. The summed E-state index contributed by atoms with van der Waals surface area (Å²) in [4.78, 5) is 4.48. The molecule has 0 saturated heterocycles. The van der Waals surface area contributed by atoms with E-state index in [0.29, 0.717) is 0 Å². The third-order valence-corrected chi connectivity index (χ3v) is 4.53. The molecule has 1 rings (SSSR count). The van der Waals surface area contributed by atoms with Gasteiger partial charge in [0.1, 0.15) is 0 Å². The van der Waals surface area contributed by atoms with E-state index in [2.05, 4.69) is 42.8 Å². The molecule has 0 saturated carbocycles. The molecule has 0 spiro atoms. The van der Waals surface area contributed by atoms with Gasteiger partial charge in [0, 0.05) is 10.8 Å². The molecule has 1 aromatic heterocycles. The summed E-state index contributed by atoms with van der Waals surface area (Å²) in [7, 11) is 3.04. The van der Waals surface area contributed by atoms with Gasteiger partial charge in [-0.1, -0.05) is 32.4 Å². The molecule has 0 aliphatic heterocycles. The molecule has 5 heteroatoms. The Labute approximate surface area is 90.0 Å². The number of aromatic nitrogens is 1. The van der Waals surface area contributed by atoms with Gasteiger partial charge < -0.3 is 0 Å². The lowest BCUT2D eigenvalue weighted by Crippen LogP contribution is -2.11. The first-order valence-corrected chi connectivity index (χ1v) is 7.56. The van der Waals surface area contributed by atoms with E-state index in [-0.39, 0.29) is 5.41 Å². The fraction of sp³-hybridized carbons (Fsp3) is 0.571. The van der Waals surface area contributed by atoms with Gasteiger partial charge in [-0.05, 0) is 20.6 Å². The lowest BCUT2D eigenvalue weighted by atomic mass is 9.93. The molecular weight excluding hydrogens is 226 g/mol. The zero-order chi connectivity index (χ0) is 9.19. The molecule has 0 aliphatic carbocycles. The SMILES string of the molecule is CC(C)(C)c1csc(SSS)n1. The van der Waals surface area contributed by atoms with Gasteiger partial charge in [0.05, 0.1) is 5.69 Å². The first-order chi connectivity index (χ1) is 5.54. The molecule has 12 heavy (non-hydrogen) atoms. The molecule has 0 aromatic carbocycles. The van der Waals surface area contributed by atoms with Crippen molar-refractivity contribution in [2.75, 3.05) is 0 Å². The van der Waals surface area contributed by atoms with E-state index < -0.39 is 0 Å². The second-order valence-corrected chi connectivity index (χ2v) is 7.51. The molecule has 1 heterocycles. The Hall–Kier alpha value is 0.680. The second kappa shape index (κ2) is 4.26. The van der Waals surface area contributed by atoms with Crippen molar-refractivity contribution >= 4 is 43.6 Å². The highest BCUT2D eigenvalue weighted by Crippen LogP contribution is 2.37. The topological polar surface area (TPSA) is 12.9 Å². The van der Waals surface area contributed by atoms with Gasteiger partial charge in [-0.2, -0.15) is 0 Å². The molecule has 0 amide bonds. The largest absolute Gasteiger partial charge is 0.233 e. The van der Waals surface area contributed by atoms with E-state index in [1.54, 1.807) is 22.1 Å². The van der Waals surface area contributed by atoms with Gasteiger partial charge >= 0.3 is 0 Å². The van der Waals surface area contributed by atoms with E-state index in [1.807, 2.05) is 0 Å². The third-order valence-electron chi connectivity index (χ3n) is 1.36. The van der Waals surface area contributed by atoms with Crippen LogP contribution >= 0.6 is 43.6 Å². The molecule has 0 bridgehead atoms. The highest BCUT2D eigenvalue weighted by molar-refractivity contribution is 9.05. The van der Waals surface area contributed by atoms with E-state index >= 15 is 0 Å². The van der Waals surface area contributed by atoms with Crippen molar-refractivity contribution in [1.29, 1.82) is 0 Å². The standard InChI is InChI=1S/C7H11NS4/c1-7(2,3)5-4-10-6(8-5)11-12-9/h4,9H,1-3H3. The fourth-order valence-corrected chi connectivity index (χ4v) is 3.99. The summed E-state index contributed by atoms with van der Waals surface area (Å²) in [5.41, 5.74) is 1.33. The molecule has 0 fully saturated rings. The summed E-state index contributed by atoms with van der Waals surface area (Å²) in [6.45, 7) is 6.51. The molecular formula is C7H11NS4. The van der Waals surface area contributed by atoms with E-state index in [0.717, 1.165) is 10.0 Å². The van der Waals surface area contributed by atoms with Gasteiger partial charge in [-0.3, -0.25) is 0 Å². The summed E-state index contributed by atoms with van der Waals surface area (Å²) in [6, 6.07) is 0. The Bertz CT molecular complexity index is 250. The molecule has 0 radical (unpaired) electrons. The summed E-state index contributed by atoms with van der Waals surface area (Å²) in [5.74, 6) is 0. The Morgan fingerprint density at radius 3 is 2.58 bits per heavy atom. The lowest BCUT2D eigenvalue weighted by Gasteiger charge is -2.13. The van der Waals surface area contributed by atoms with Crippen LogP contribution in [0.4, 0.5) is 0 Å². The van der Waals surface area contributed by atoms with E-state index in [1.165, 1.54) is 9.83 Å². The molecule has 1 nitrogen and oxygen atoms in total. The van der Waals surface area contributed by atoms with Crippen LogP contribution in [0.5, 0.6) is 0 Å². The minimum Gasteiger partial charge on any atom is -0.233 e. The summed E-state index contributed by atoms with van der Waals surface area (Å²) in [5, 5.41) is 2.12. The van der Waals surface area contributed by atoms with Crippen LogP contribution < -0.4 is 0 Å². The lowest BCUT2D eigenvalue weighted by molar-refractivity contribution is 0.569. The summed E-state index contributed by atoms with van der Waals surface area (Å²) >= 11 is 5.74. The zero-order valence-corrected chi connectivity index (χ0v) is 10.5. The number of hydrogen-bond donors (Lipinski definition) is 1. The highest BCUT2D eigenvalue weighted by Gasteiger charge is 2.17. The Morgan fingerprint density at radius 1 is 1.50 bits per heavy atom. The monoisotopic (exact) mass is 237 g/mol. The highest BCUT2D eigenvalue weighted by atomic mass is 33.5. The Kier molecular flexibility index (Phi) is 3.82. The first kappa shape index (κ1) is 10.8. The normalized spacial score (nSPS) is 12.0. The minimum absolute atomic E-state index is 0.163. The minimum atomic E-state index is 0.163. The Morgan fingerprint density at radius 2 is 2.17 bits per heavy atom. The smallest absolute Gasteiger partial charge is 0.161 e. The average molecular weight is 237 g/mol. The van der Waals surface area contributed by atoms with Crippen molar-refractivity contribution in [3.63, 3.8) is 0 Å². The van der Waals surface area contributed by atoms with Crippen LogP contribution in [0.1, 0.15) is 26.5 Å². The van der Waals surface area contributed by atoms with Gasteiger partial charge in [-0.25, -0.2) is 4.98 Å². The van der Waals surface area contributed by atoms with Crippen molar-refractivity contribution in [2.45, 2.75) is 30.5 Å². The number of rotatable bonds is 2. The molecule has 68 valence electrons. The van der Waals surface area contributed by atoms with Crippen LogP contribution in [0.2, 0.25) is 0 Å². The van der Waals surface area contributed by atoms with Crippen LogP contribution in [-0.4, -0.2) is 4.98 Å². The van der Waals surface area contributed by atoms with Crippen LogP contribution in [0.15, 0.2) is 9.72 Å². The third kappa shape index (κ3) is 2.87. The molecule has 1 aromatic rings. The fourth-order valence-electron chi connectivity index (χ4n) is 0.672. The predicted octanol–water partition coefficient (Wildman–Crippen LogP) is 4.03. The van der Waals surface area contributed by atoms with Crippen molar-refractivity contribution in [1.82, 2.24) is 4.98 Å². The number of hydrogen-bond acceptors (Lipinski definition) is 5. The van der Waals surface area contributed by atoms with E-state index in [4.69, 9.17) is 0 Å². The maximum Gasteiger partial charge on any atom is 0.161 e. The van der Waals surface area contributed by atoms with Gasteiger partial charge in [0.2, 0.25) is 0 Å². The molecule has 0 N–H and O–H groups in total. The van der Waals surface area contributed by atoms with Gasteiger partial charge in [0.15, 0.2) is 4.34 Å².